The number of carbonyl (C=O) groups is 4. The molecular weight excluding hydrogens is 492 g/mol. The number of amides is 3. The molecule has 0 aromatic heterocycles. The Labute approximate surface area is 227 Å². The summed E-state index contributed by atoms with van der Waals surface area (Å²) in [4.78, 5) is 56.2. The molecule has 39 heavy (non-hydrogen) atoms. The maximum Gasteiger partial charge on any atom is 0.316 e. The summed E-state index contributed by atoms with van der Waals surface area (Å²) in [5.41, 5.74) is 3.53. The lowest BCUT2D eigenvalue weighted by Gasteiger charge is -2.37. The van der Waals surface area contributed by atoms with E-state index in [1.165, 1.54) is 4.90 Å². The average Bonchev–Trinajstić information content (AvgIpc) is 3.63. The lowest BCUT2D eigenvalue weighted by atomic mass is 9.63. The quantitative estimate of drug-likeness (QED) is 0.243. The molecular formula is C32H32N2O5. The number of hydrogen-bond acceptors (Lipinski definition) is 5. The smallest absolute Gasteiger partial charge is 0.316 e. The van der Waals surface area contributed by atoms with Gasteiger partial charge in [-0.25, -0.2) is 4.90 Å². The molecule has 0 radical (unpaired) electrons. The molecule has 7 atom stereocenters. The zero-order chi connectivity index (χ0) is 27.0. The predicted octanol–water partition coefficient (Wildman–Crippen LogP) is 4.33. The summed E-state index contributed by atoms with van der Waals surface area (Å²) in [7, 11) is 0. The molecule has 3 amide bonds. The second-order valence-electron chi connectivity index (χ2n) is 11.6. The van der Waals surface area contributed by atoms with Crippen molar-refractivity contribution in [1.82, 2.24) is 0 Å². The summed E-state index contributed by atoms with van der Waals surface area (Å²) in [6.07, 6.45) is 7.10. The van der Waals surface area contributed by atoms with Gasteiger partial charge in [0, 0.05) is 24.7 Å². The van der Waals surface area contributed by atoms with Crippen LogP contribution in [-0.2, 0) is 32.0 Å². The molecule has 2 saturated heterocycles. The number of para-hydroxylation sites is 1. The fourth-order valence-electron chi connectivity index (χ4n) is 7.74. The normalized spacial score (nSPS) is 32.1. The van der Waals surface area contributed by atoms with E-state index in [0.717, 1.165) is 36.1 Å². The summed E-state index contributed by atoms with van der Waals surface area (Å²) >= 11 is 0. The first kappa shape index (κ1) is 24.3. The van der Waals surface area contributed by atoms with Crippen LogP contribution in [0.25, 0.3) is 0 Å². The summed E-state index contributed by atoms with van der Waals surface area (Å²) in [5.74, 6) is -0.352. The highest BCUT2D eigenvalue weighted by molar-refractivity contribution is 6.22. The Balaban J connectivity index is 1.08. The Morgan fingerprint density at radius 1 is 0.897 bits per heavy atom. The van der Waals surface area contributed by atoms with Gasteiger partial charge < -0.3 is 9.64 Å². The Morgan fingerprint density at radius 3 is 2.13 bits per heavy atom. The molecule has 8 rings (SSSR count). The van der Waals surface area contributed by atoms with Crippen LogP contribution in [0.2, 0.25) is 0 Å². The molecule has 0 unspecified atom stereocenters. The van der Waals surface area contributed by atoms with Crippen LogP contribution in [0.1, 0.15) is 37.8 Å². The van der Waals surface area contributed by atoms with E-state index in [-0.39, 0.29) is 60.1 Å². The van der Waals surface area contributed by atoms with Crippen molar-refractivity contribution in [2.24, 2.45) is 41.4 Å². The van der Waals surface area contributed by atoms with Crippen LogP contribution >= 0.6 is 0 Å². The van der Waals surface area contributed by atoms with E-state index in [9.17, 15) is 19.2 Å². The van der Waals surface area contributed by atoms with Gasteiger partial charge in [-0.3, -0.25) is 19.2 Å². The molecule has 2 aliphatic heterocycles. The van der Waals surface area contributed by atoms with Gasteiger partial charge in [0.15, 0.2) is 0 Å². The van der Waals surface area contributed by atoms with Crippen LogP contribution < -0.4 is 14.5 Å². The zero-order valence-electron chi connectivity index (χ0n) is 22.2. The van der Waals surface area contributed by atoms with Gasteiger partial charge in [0.2, 0.25) is 17.7 Å². The largest absolute Gasteiger partial charge is 0.426 e. The molecule has 4 fully saturated rings. The molecule has 0 spiro atoms. The summed E-state index contributed by atoms with van der Waals surface area (Å²) in [6, 6.07) is 12.7. The maximum atomic E-state index is 13.5. The van der Waals surface area contributed by atoms with Gasteiger partial charge in [0.1, 0.15) is 5.75 Å². The molecule has 0 N–H and O–H groups in total. The highest BCUT2D eigenvalue weighted by Crippen LogP contribution is 2.65. The maximum absolute atomic E-state index is 13.5. The van der Waals surface area contributed by atoms with Crippen LogP contribution in [0.3, 0.4) is 0 Å². The van der Waals surface area contributed by atoms with E-state index >= 15 is 0 Å². The number of esters is 1. The van der Waals surface area contributed by atoms with Crippen molar-refractivity contribution in [2.75, 3.05) is 16.3 Å². The van der Waals surface area contributed by atoms with Gasteiger partial charge in [-0.2, -0.15) is 0 Å². The molecule has 2 heterocycles. The van der Waals surface area contributed by atoms with Crippen molar-refractivity contribution in [3.05, 3.63) is 65.7 Å². The first-order valence-corrected chi connectivity index (χ1v) is 14.2. The first-order chi connectivity index (χ1) is 18.9. The molecule has 4 aliphatic carbocycles. The van der Waals surface area contributed by atoms with Gasteiger partial charge in [0.05, 0.1) is 23.4 Å². The van der Waals surface area contributed by atoms with Gasteiger partial charge in [-0.15, -0.1) is 0 Å². The SMILES string of the molecule is CCc1cccc(CC)c1N1C[C@H](C(=O)Oc2cccc(N3C(=O)[C@@H]4[C@H]5C=C[C@@H]([C@@H]6C[C@@H]56)[C@@H]4C3=O)c2)CC1=O. The van der Waals surface area contributed by atoms with Crippen LogP contribution in [-0.4, -0.2) is 30.2 Å². The van der Waals surface area contributed by atoms with E-state index < -0.39 is 11.9 Å². The number of anilines is 2. The lowest BCUT2D eigenvalue weighted by Crippen LogP contribution is -2.40. The van der Waals surface area contributed by atoms with Gasteiger partial charge >= 0.3 is 5.97 Å². The molecule has 6 aliphatic rings. The second-order valence-corrected chi connectivity index (χ2v) is 11.6. The zero-order valence-corrected chi connectivity index (χ0v) is 22.2. The minimum absolute atomic E-state index is 0.0848. The van der Waals surface area contributed by atoms with E-state index in [4.69, 9.17) is 4.74 Å². The number of ether oxygens (including phenoxy) is 1. The summed E-state index contributed by atoms with van der Waals surface area (Å²) in [6.45, 7) is 4.39. The third-order valence-electron chi connectivity index (χ3n) is 9.65. The van der Waals surface area contributed by atoms with E-state index in [1.807, 2.05) is 18.2 Å². The van der Waals surface area contributed by atoms with Crippen molar-refractivity contribution in [3.63, 3.8) is 0 Å². The first-order valence-electron chi connectivity index (χ1n) is 14.2. The minimum atomic E-state index is -0.595. The molecule has 200 valence electrons. The van der Waals surface area contributed by atoms with E-state index in [0.29, 0.717) is 17.5 Å². The number of nitrogens with zero attached hydrogens (tertiary/aromatic N) is 2. The van der Waals surface area contributed by atoms with Crippen molar-refractivity contribution >= 4 is 35.1 Å². The van der Waals surface area contributed by atoms with Crippen LogP contribution in [0.5, 0.6) is 5.75 Å². The molecule has 2 aromatic carbocycles. The van der Waals surface area contributed by atoms with E-state index in [2.05, 4.69) is 26.0 Å². The number of imide groups is 1. The Morgan fingerprint density at radius 2 is 1.51 bits per heavy atom. The van der Waals surface area contributed by atoms with Crippen molar-refractivity contribution in [3.8, 4) is 5.75 Å². The Bertz CT molecular complexity index is 1390. The molecule has 7 nitrogen and oxygen atoms in total. The van der Waals surface area contributed by atoms with Crippen LogP contribution in [0, 0.1) is 41.4 Å². The van der Waals surface area contributed by atoms with E-state index in [1.54, 1.807) is 29.2 Å². The monoisotopic (exact) mass is 524 g/mol. The second kappa shape index (κ2) is 8.90. The number of benzene rings is 2. The molecule has 2 aromatic rings. The third-order valence-corrected chi connectivity index (χ3v) is 9.65. The minimum Gasteiger partial charge on any atom is -0.426 e. The number of allylic oxidation sites excluding steroid dienone is 2. The van der Waals surface area contributed by atoms with Crippen LogP contribution in [0.15, 0.2) is 54.6 Å². The molecule has 2 saturated carbocycles. The third kappa shape index (κ3) is 3.62. The Kier molecular flexibility index (Phi) is 5.55. The number of carbonyl (C=O) groups excluding carboxylic acids is 4. The fraction of sp³-hybridized carbons (Fsp3) is 0.438. The van der Waals surface area contributed by atoms with Gasteiger partial charge in [0.25, 0.3) is 0 Å². The standard InChI is InChI=1S/C32H32N2O5/c1-3-17-7-5-8-18(4-2)29(17)33-16-19(13-26(33)35)32(38)39-21-10-6-9-20(14-21)34-30(36)27-22-11-12-23(25-15-24(22)25)28(27)31(34)37/h5-12,14,19,22-25,27-28H,3-4,13,15-16H2,1-2H3/t19-,22+,23+,24+,25+,27-,28+/m1/s1. The number of hydrogen-bond donors (Lipinski definition) is 0. The topological polar surface area (TPSA) is 84.0 Å². The van der Waals surface area contributed by atoms with Crippen LogP contribution in [0.4, 0.5) is 11.4 Å². The van der Waals surface area contributed by atoms with Crippen molar-refractivity contribution < 1.29 is 23.9 Å². The lowest BCUT2D eigenvalue weighted by molar-refractivity contribution is -0.139. The summed E-state index contributed by atoms with van der Waals surface area (Å²) in [5, 5.41) is 0. The van der Waals surface area contributed by atoms with Crippen molar-refractivity contribution in [2.45, 2.75) is 39.5 Å². The summed E-state index contributed by atoms with van der Waals surface area (Å²) < 4.78 is 5.73. The Hall–Kier alpha value is -3.74. The molecule has 2 bridgehead atoms. The average molecular weight is 525 g/mol. The van der Waals surface area contributed by atoms with Crippen molar-refractivity contribution in [1.29, 1.82) is 0 Å². The predicted molar refractivity (Wildman–Crippen MR) is 145 cm³/mol. The highest BCUT2D eigenvalue weighted by atomic mass is 16.5. The fourth-order valence-corrected chi connectivity index (χ4v) is 7.74. The van der Waals surface area contributed by atoms with Gasteiger partial charge in [-0.1, -0.05) is 50.3 Å². The van der Waals surface area contributed by atoms with Gasteiger partial charge in [-0.05, 0) is 66.2 Å². The number of rotatable bonds is 6. The number of aryl methyl sites for hydroxylation is 2. The highest BCUT2D eigenvalue weighted by Gasteiger charge is 2.67. The molecule has 7 heteroatoms.